The molecular weight excluding hydrogens is 426 g/mol. The van der Waals surface area contributed by atoms with Crippen LogP contribution in [0, 0.1) is 0 Å². The van der Waals surface area contributed by atoms with E-state index < -0.39 is 5.91 Å². The standard InChI is InChI=1S/C16H17N7O3.C6H12O/c1-18-13-5-12(21-15-10(14(17)24)6-19-23(13)15)20-11-3-2-4-22(16(11)25)9-7-26-8-9;1-7-6-4-2-3-5-6/h2-6,9,18H,7-8H2,1H3,(H2,17,24)(H,20,21);6H,2-5H2,1H3. The van der Waals surface area contributed by atoms with Crippen molar-refractivity contribution >= 4 is 28.9 Å². The SMILES string of the molecule is CNc1cc(Nc2cccn(C3COC3)c2=O)nc2c(C(N)=O)cnn12.COC1CCCC1. The summed E-state index contributed by atoms with van der Waals surface area (Å²) in [5.41, 5.74) is 6.08. The van der Waals surface area contributed by atoms with Gasteiger partial charge in [-0.05, 0) is 25.0 Å². The molecule has 3 aromatic rings. The van der Waals surface area contributed by atoms with Gasteiger partial charge in [0, 0.05) is 26.4 Å². The van der Waals surface area contributed by atoms with Crippen molar-refractivity contribution in [2.75, 3.05) is 38.0 Å². The Morgan fingerprint density at radius 1 is 1.30 bits per heavy atom. The molecule has 0 unspecified atom stereocenters. The van der Waals surface area contributed by atoms with E-state index in [0.717, 1.165) is 0 Å². The molecule has 3 aromatic heterocycles. The molecule has 0 aromatic carbocycles. The van der Waals surface area contributed by atoms with Crippen LogP contribution in [0.1, 0.15) is 42.1 Å². The number of amides is 1. The Balaban J connectivity index is 0.000000318. The van der Waals surface area contributed by atoms with E-state index in [1.165, 1.54) is 36.4 Å². The van der Waals surface area contributed by atoms with Crippen molar-refractivity contribution in [3.05, 3.63) is 46.5 Å². The highest BCUT2D eigenvalue weighted by Crippen LogP contribution is 2.22. The zero-order valence-electron chi connectivity index (χ0n) is 18.8. The third-order valence-corrected chi connectivity index (χ3v) is 5.88. The van der Waals surface area contributed by atoms with Crippen molar-refractivity contribution in [1.82, 2.24) is 19.2 Å². The van der Waals surface area contributed by atoms with E-state index in [9.17, 15) is 9.59 Å². The fourth-order valence-corrected chi connectivity index (χ4v) is 3.92. The summed E-state index contributed by atoms with van der Waals surface area (Å²) in [6, 6.07) is 5.19. The number of nitrogens with zero attached hydrogens (tertiary/aromatic N) is 4. The third kappa shape index (κ3) is 4.83. The van der Waals surface area contributed by atoms with Gasteiger partial charge in [-0.25, -0.2) is 4.98 Å². The fraction of sp³-hybridized carbons (Fsp3) is 0.455. The molecular formula is C22H29N7O4. The van der Waals surface area contributed by atoms with Gasteiger partial charge in [0.25, 0.3) is 11.5 Å². The van der Waals surface area contributed by atoms with Gasteiger partial charge in [-0.3, -0.25) is 9.59 Å². The number of fused-ring (bicyclic) bond motifs is 1. The highest BCUT2D eigenvalue weighted by molar-refractivity contribution is 5.98. The molecule has 1 aliphatic carbocycles. The van der Waals surface area contributed by atoms with E-state index in [2.05, 4.69) is 20.7 Å². The molecule has 0 bridgehead atoms. The number of carbonyl (C=O) groups is 1. The Bertz CT molecular complexity index is 1180. The summed E-state index contributed by atoms with van der Waals surface area (Å²) < 4.78 is 13.4. The van der Waals surface area contributed by atoms with Crippen molar-refractivity contribution in [2.24, 2.45) is 5.73 Å². The predicted octanol–water partition coefficient (Wildman–Crippen LogP) is 1.92. The van der Waals surface area contributed by atoms with Gasteiger partial charge in [-0.1, -0.05) is 12.8 Å². The van der Waals surface area contributed by atoms with Crippen molar-refractivity contribution < 1.29 is 14.3 Å². The average Bonchev–Trinajstić information content (AvgIpc) is 3.45. The predicted molar refractivity (Wildman–Crippen MR) is 124 cm³/mol. The van der Waals surface area contributed by atoms with Gasteiger partial charge >= 0.3 is 0 Å². The fourth-order valence-electron chi connectivity index (χ4n) is 3.92. The minimum Gasteiger partial charge on any atom is -0.381 e. The number of ether oxygens (including phenoxy) is 2. The Morgan fingerprint density at radius 2 is 2.06 bits per heavy atom. The zero-order chi connectivity index (χ0) is 23.4. The summed E-state index contributed by atoms with van der Waals surface area (Å²) >= 11 is 0. The topological polar surface area (TPSA) is 138 Å². The molecule has 1 saturated carbocycles. The minimum absolute atomic E-state index is 0.0452. The molecule has 0 atom stereocenters. The molecule has 176 valence electrons. The van der Waals surface area contributed by atoms with Crippen LogP contribution in [0.4, 0.5) is 17.3 Å². The molecule has 0 radical (unpaired) electrons. The van der Waals surface area contributed by atoms with Crippen LogP contribution >= 0.6 is 0 Å². The number of anilines is 3. The number of primary amides is 1. The van der Waals surface area contributed by atoms with Gasteiger partial charge in [0.1, 0.15) is 22.9 Å². The summed E-state index contributed by atoms with van der Waals surface area (Å²) in [4.78, 5) is 28.6. The number of nitrogens with one attached hydrogen (secondary N) is 2. The summed E-state index contributed by atoms with van der Waals surface area (Å²) in [5, 5.41) is 10.1. The maximum absolute atomic E-state index is 12.7. The number of nitrogens with two attached hydrogens (primary N) is 1. The Labute approximate surface area is 190 Å². The molecule has 11 heteroatoms. The second-order valence-electron chi connectivity index (χ2n) is 8.03. The van der Waals surface area contributed by atoms with Crippen LogP contribution in [-0.4, -0.2) is 58.5 Å². The maximum atomic E-state index is 12.7. The van der Waals surface area contributed by atoms with Crippen molar-refractivity contribution in [1.29, 1.82) is 0 Å². The maximum Gasteiger partial charge on any atom is 0.274 e. The van der Waals surface area contributed by atoms with Gasteiger partial charge in [0.2, 0.25) is 0 Å². The van der Waals surface area contributed by atoms with Crippen LogP contribution in [0.25, 0.3) is 5.65 Å². The zero-order valence-corrected chi connectivity index (χ0v) is 18.8. The van der Waals surface area contributed by atoms with E-state index in [-0.39, 0.29) is 17.2 Å². The van der Waals surface area contributed by atoms with Gasteiger partial charge < -0.3 is 30.4 Å². The van der Waals surface area contributed by atoms with Gasteiger partial charge in [0.05, 0.1) is 31.6 Å². The first-order valence-corrected chi connectivity index (χ1v) is 11.0. The van der Waals surface area contributed by atoms with Gasteiger partial charge in [-0.2, -0.15) is 9.61 Å². The molecule has 1 amide bonds. The first-order chi connectivity index (χ1) is 16.0. The van der Waals surface area contributed by atoms with E-state index in [1.54, 1.807) is 43.1 Å². The molecule has 11 nitrogen and oxygen atoms in total. The molecule has 1 saturated heterocycles. The molecule has 0 spiro atoms. The van der Waals surface area contributed by atoms with Crippen LogP contribution in [0.2, 0.25) is 0 Å². The molecule has 33 heavy (non-hydrogen) atoms. The van der Waals surface area contributed by atoms with E-state index in [0.29, 0.717) is 42.3 Å². The molecule has 1 aliphatic heterocycles. The number of aromatic nitrogens is 4. The lowest BCUT2D eigenvalue weighted by molar-refractivity contribution is -0.0247. The number of methoxy groups -OCH3 is 1. The number of rotatable bonds is 6. The highest BCUT2D eigenvalue weighted by Gasteiger charge is 2.22. The number of hydrogen-bond donors (Lipinski definition) is 3. The lowest BCUT2D eigenvalue weighted by atomic mass is 10.2. The van der Waals surface area contributed by atoms with Crippen LogP contribution in [-0.2, 0) is 9.47 Å². The number of pyridine rings is 1. The Hall–Kier alpha value is -3.44. The summed E-state index contributed by atoms with van der Waals surface area (Å²) in [6.07, 6.45) is 9.02. The summed E-state index contributed by atoms with van der Waals surface area (Å²) in [7, 11) is 3.52. The molecule has 5 rings (SSSR count). The third-order valence-electron chi connectivity index (χ3n) is 5.88. The Kier molecular flexibility index (Phi) is 6.90. The first-order valence-electron chi connectivity index (χ1n) is 11.0. The molecule has 2 fully saturated rings. The van der Waals surface area contributed by atoms with Crippen molar-refractivity contribution in [3.63, 3.8) is 0 Å². The second-order valence-corrected chi connectivity index (χ2v) is 8.03. The van der Waals surface area contributed by atoms with Gasteiger partial charge in [0.15, 0.2) is 5.65 Å². The van der Waals surface area contributed by atoms with Gasteiger partial charge in [-0.15, -0.1) is 0 Å². The largest absolute Gasteiger partial charge is 0.381 e. The van der Waals surface area contributed by atoms with Crippen LogP contribution < -0.4 is 21.9 Å². The molecule has 4 heterocycles. The number of carbonyl (C=O) groups excluding carboxylic acids is 1. The lowest BCUT2D eigenvalue weighted by Crippen LogP contribution is -2.37. The molecule has 2 aliphatic rings. The van der Waals surface area contributed by atoms with E-state index >= 15 is 0 Å². The normalized spacial score (nSPS) is 16.2. The van der Waals surface area contributed by atoms with Crippen LogP contribution in [0.15, 0.2) is 35.4 Å². The molecule has 4 N–H and O–H groups in total. The first kappa shape index (κ1) is 22.7. The minimum atomic E-state index is -0.626. The van der Waals surface area contributed by atoms with Crippen LogP contribution in [0.3, 0.4) is 0 Å². The summed E-state index contributed by atoms with van der Waals surface area (Å²) in [5.74, 6) is 0.358. The second kappa shape index (κ2) is 10.0. The van der Waals surface area contributed by atoms with E-state index in [4.69, 9.17) is 15.2 Å². The van der Waals surface area contributed by atoms with Crippen molar-refractivity contribution in [3.8, 4) is 0 Å². The highest BCUT2D eigenvalue weighted by atomic mass is 16.5. The number of hydrogen-bond acceptors (Lipinski definition) is 8. The Morgan fingerprint density at radius 3 is 2.64 bits per heavy atom. The average molecular weight is 456 g/mol. The lowest BCUT2D eigenvalue weighted by Gasteiger charge is -2.28. The van der Waals surface area contributed by atoms with Crippen molar-refractivity contribution in [2.45, 2.75) is 37.8 Å². The summed E-state index contributed by atoms with van der Waals surface area (Å²) in [6.45, 7) is 1.05. The smallest absolute Gasteiger partial charge is 0.274 e. The quantitative estimate of drug-likeness (QED) is 0.513. The monoisotopic (exact) mass is 455 g/mol. The van der Waals surface area contributed by atoms with E-state index in [1.807, 2.05) is 0 Å². The van der Waals surface area contributed by atoms with Crippen LogP contribution in [0.5, 0.6) is 0 Å².